The van der Waals surface area contributed by atoms with Crippen LogP contribution in [0.2, 0.25) is 0 Å². The van der Waals surface area contributed by atoms with Crippen LogP contribution in [-0.4, -0.2) is 46.4 Å². The van der Waals surface area contributed by atoms with Crippen LogP contribution in [0.25, 0.3) is 0 Å². The summed E-state index contributed by atoms with van der Waals surface area (Å²) in [6.45, 7) is 5.01. The first kappa shape index (κ1) is 21.0. The molecule has 0 spiro atoms. The third-order valence-corrected chi connectivity index (χ3v) is 6.67. The van der Waals surface area contributed by atoms with Gasteiger partial charge in [-0.2, -0.15) is 0 Å². The predicted molar refractivity (Wildman–Crippen MR) is 116 cm³/mol. The van der Waals surface area contributed by atoms with Crippen molar-refractivity contribution in [2.24, 2.45) is 0 Å². The molecular weight excluding hydrogens is 369 g/mol. The van der Waals surface area contributed by atoms with Gasteiger partial charge in [0.25, 0.3) is 0 Å². The predicted octanol–water partition coefficient (Wildman–Crippen LogP) is 3.85. The Bertz CT molecular complexity index is 805. The number of benzene rings is 2. The van der Waals surface area contributed by atoms with Gasteiger partial charge in [0.2, 0.25) is 0 Å². The van der Waals surface area contributed by atoms with Crippen molar-refractivity contribution in [2.45, 2.75) is 43.9 Å². The highest BCUT2D eigenvalue weighted by Gasteiger charge is 2.36. The first-order chi connectivity index (χ1) is 13.4. The lowest BCUT2D eigenvalue weighted by molar-refractivity contribution is 0.0171. The Kier molecular flexibility index (Phi) is 6.87. The van der Waals surface area contributed by atoms with Crippen molar-refractivity contribution < 1.29 is 15.0 Å². The van der Waals surface area contributed by atoms with Gasteiger partial charge in [-0.05, 0) is 74.5 Å². The van der Waals surface area contributed by atoms with E-state index in [1.54, 1.807) is 12.1 Å². The zero-order valence-electron chi connectivity index (χ0n) is 16.5. The topological polar surface area (TPSA) is 60.8 Å². The molecule has 4 nitrogen and oxygen atoms in total. The first-order valence-electron chi connectivity index (χ1n) is 9.99. The molecule has 1 fully saturated rings. The summed E-state index contributed by atoms with van der Waals surface area (Å²) in [5, 5.41) is 21.1. The van der Waals surface area contributed by atoms with Crippen LogP contribution in [0.15, 0.2) is 48.5 Å². The molecule has 1 aliphatic heterocycles. The van der Waals surface area contributed by atoms with Crippen LogP contribution in [-0.2, 0) is 12.0 Å². The number of hydrogen-bond donors (Lipinski definition) is 2. The van der Waals surface area contributed by atoms with Crippen LogP contribution in [0.4, 0.5) is 0 Å². The number of carboxylic acids is 1. The molecule has 2 aromatic carbocycles. The van der Waals surface area contributed by atoms with Crippen LogP contribution >= 0.6 is 9.24 Å². The molecule has 0 saturated carbocycles. The summed E-state index contributed by atoms with van der Waals surface area (Å²) in [5.74, 6) is -0.919. The number of rotatable bonds is 8. The first-order valence-corrected chi connectivity index (χ1v) is 10.7. The maximum atomic E-state index is 11.8. The van der Waals surface area contributed by atoms with Crippen molar-refractivity contribution >= 4 is 15.2 Å². The summed E-state index contributed by atoms with van der Waals surface area (Å²) < 4.78 is 0. The number of likely N-dealkylation sites (tertiary alicyclic amines) is 1. The normalized spacial score (nSPS) is 18.0. The number of aryl methyl sites for hydroxylation is 2. The fourth-order valence-corrected chi connectivity index (χ4v) is 4.72. The summed E-state index contributed by atoms with van der Waals surface area (Å²) in [6, 6.07) is 15.1. The largest absolute Gasteiger partial charge is 0.478 e. The second-order valence-corrected chi connectivity index (χ2v) is 8.66. The molecule has 3 atom stereocenters. The van der Waals surface area contributed by atoms with E-state index >= 15 is 0 Å². The average molecular weight is 399 g/mol. The molecule has 0 radical (unpaired) electrons. The molecule has 0 aliphatic carbocycles. The molecule has 2 aromatic rings. The number of nitrogens with zero attached hydrogens (tertiary/aromatic N) is 1. The average Bonchev–Trinajstić information content (AvgIpc) is 3.20. The Morgan fingerprint density at radius 2 is 1.86 bits per heavy atom. The minimum atomic E-state index is -0.986. The Labute approximate surface area is 169 Å². The number of aromatic carboxylic acids is 1. The molecule has 0 bridgehead atoms. The van der Waals surface area contributed by atoms with Gasteiger partial charge < -0.3 is 15.1 Å². The van der Waals surface area contributed by atoms with Crippen LogP contribution in [0.1, 0.15) is 46.3 Å². The highest BCUT2D eigenvalue weighted by molar-refractivity contribution is 7.17. The van der Waals surface area contributed by atoms with Crippen molar-refractivity contribution in [1.29, 1.82) is 0 Å². The van der Waals surface area contributed by atoms with Crippen molar-refractivity contribution in [3.8, 4) is 0 Å². The van der Waals surface area contributed by atoms with Crippen LogP contribution in [0, 0.1) is 6.92 Å². The van der Waals surface area contributed by atoms with Gasteiger partial charge in [-0.3, -0.25) is 0 Å². The summed E-state index contributed by atoms with van der Waals surface area (Å²) in [5.41, 5.74) is 2.26. The smallest absolute Gasteiger partial charge is 0.335 e. The Morgan fingerprint density at radius 3 is 2.50 bits per heavy atom. The van der Waals surface area contributed by atoms with E-state index in [2.05, 4.69) is 14.1 Å². The zero-order chi connectivity index (χ0) is 20.1. The van der Waals surface area contributed by atoms with Crippen molar-refractivity contribution in [2.75, 3.05) is 19.6 Å². The quantitative estimate of drug-likeness (QED) is 0.662. The fourth-order valence-electron chi connectivity index (χ4n) is 4.06. The van der Waals surface area contributed by atoms with E-state index in [4.69, 9.17) is 0 Å². The number of carbonyl (C=O) groups is 1. The SMILES string of the molecule is Cc1ccc(C(=O)O)cc1CCC(O)(c1ccccc1)C(P)CN1CCCC1. The third-order valence-electron chi connectivity index (χ3n) is 5.91. The van der Waals surface area contributed by atoms with Crippen LogP contribution in [0.5, 0.6) is 0 Å². The Balaban J connectivity index is 1.83. The lowest BCUT2D eigenvalue weighted by Gasteiger charge is -2.37. The molecule has 1 heterocycles. The lowest BCUT2D eigenvalue weighted by atomic mass is 9.83. The van der Waals surface area contributed by atoms with Gasteiger partial charge in [0, 0.05) is 12.2 Å². The maximum Gasteiger partial charge on any atom is 0.335 e. The van der Waals surface area contributed by atoms with E-state index in [1.165, 1.54) is 12.8 Å². The fraction of sp³-hybridized carbons (Fsp3) is 0.435. The summed E-state index contributed by atoms with van der Waals surface area (Å²) in [7, 11) is 2.87. The second-order valence-electron chi connectivity index (χ2n) is 7.85. The number of carboxylic acid groups (broad SMARTS) is 1. The minimum Gasteiger partial charge on any atom is -0.478 e. The molecule has 3 rings (SSSR count). The highest BCUT2D eigenvalue weighted by Crippen LogP contribution is 2.36. The highest BCUT2D eigenvalue weighted by atomic mass is 31.0. The molecule has 3 unspecified atom stereocenters. The van der Waals surface area contributed by atoms with E-state index < -0.39 is 11.6 Å². The van der Waals surface area contributed by atoms with Gasteiger partial charge in [0.15, 0.2) is 0 Å². The van der Waals surface area contributed by atoms with Crippen LogP contribution in [0.3, 0.4) is 0 Å². The third kappa shape index (κ3) is 4.81. The standard InChI is InChI=1S/C23H30NO3P/c1-17-9-10-19(22(25)26)15-18(17)11-12-23(27,20-7-3-2-4-8-20)21(28)16-24-13-5-6-14-24/h2-4,7-10,15,21,27H,5-6,11-14,16,28H2,1H3,(H,25,26). The molecule has 1 aliphatic rings. The van der Waals surface area contributed by atoms with E-state index in [0.29, 0.717) is 18.4 Å². The van der Waals surface area contributed by atoms with E-state index in [0.717, 1.165) is 36.3 Å². The molecule has 5 heteroatoms. The number of aliphatic hydroxyl groups is 1. The molecule has 28 heavy (non-hydrogen) atoms. The van der Waals surface area contributed by atoms with Gasteiger partial charge in [-0.1, -0.05) is 36.4 Å². The zero-order valence-corrected chi connectivity index (χ0v) is 17.6. The number of hydrogen-bond acceptors (Lipinski definition) is 3. The van der Waals surface area contributed by atoms with Gasteiger partial charge in [-0.15, -0.1) is 9.24 Å². The van der Waals surface area contributed by atoms with Crippen molar-refractivity contribution in [3.05, 3.63) is 70.8 Å². The molecule has 2 N–H and O–H groups in total. The minimum absolute atomic E-state index is 0.00374. The van der Waals surface area contributed by atoms with Gasteiger partial charge >= 0.3 is 5.97 Å². The van der Waals surface area contributed by atoms with Gasteiger partial charge in [-0.25, -0.2) is 4.79 Å². The lowest BCUT2D eigenvalue weighted by Crippen LogP contribution is -2.43. The van der Waals surface area contributed by atoms with Crippen molar-refractivity contribution in [1.82, 2.24) is 4.90 Å². The van der Waals surface area contributed by atoms with Crippen LogP contribution < -0.4 is 0 Å². The van der Waals surface area contributed by atoms with E-state index in [1.807, 2.05) is 43.3 Å². The molecule has 0 amide bonds. The molecular formula is C23H30NO3P. The molecule has 150 valence electrons. The summed E-state index contributed by atoms with van der Waals surface area (Å²) >= 11 is 0. The van der Waals surface area contributed by atoms with E-state index in [-0.39, 0.29) is 5.66 Å². The van der Waals surface area contributed by atoms with Gasteiger partial charge in [0.05, 0.1) is 11.2 Å². The summed E-state index contributed by atoms with van der Waals surface area (Å²) in [4.78, 5) is 13.7. The second kappa shape index (κ2) is 9.17. The Morgan fingerprint density at radius 1 is 1.18 bits per heavy atom. The van der Waals surface area contributed by atoms with Crippen molar-refractivity contribution in [3.63, 3.8) is 0 Å². The molecule has 0 aromatic heterocycles. The maximum absolute atomic E-state index is 11.8. The van der Waals surface area contributed by atoms with Gasteiger partial charge in [0.1, 0.15) is 0 Å². The Hall–Kier alpha value is -1.74. The monoisotopic (exact) mass is 399 g/mol. The molecule has 1 saturated heterocycles. The summed E-state index contributed by atoms with van der Waals surface area (Å²) in [6.07, 6.45) is 3.62. The van der Waals surface area contributed by atoms with E-state index in [9.17, 15) is 15.0 Å².